The van der Waals surface area contributed by atoms with Crippen molar-refractivity contribution in [1.82, 2.24) is 24.6 Å². The maximum Gasteiger partial charge on any atom is 0.266 e. The lowest BCUT2D eigenvalue weighted by Crippen LogP contribution is -2.39. The van der Waals surface area contributed by atoms with E-state index in [1.807, 2.05) is 6.07 Å². The van der Waals surface area contributed by atoms with Crippen molar-refractivity contribution in [2.75, 3.05) is 31.6 Å². The summed E-state index contributed by atoms with van der Waals surface area (Å²) in [4.78, 5) is 26.2. The molecule has 1 fully saturated rings. The molecule has 0 N–H and O–H groups in total. The first kappa shape index (κ1) is 20.0. The SMILES string of the molecule is CN1CCc2ncnc(N3CCC(Cn4nc(C(C)(C)C)ccc4=O)CC3)c2C1. The highest BCUT2D eigenvalue weighted by Gasteiger charge is 2.26. The van der Waals surface area contributed by atoms with E-state index in [0.29, 0.717) is 12.5 Å². The second-order valence-corrected chi connectivity index (χ2v) is 9.53. The number of piperidine rings is 1. The van der Waals surface area contributed by atoms with Crippen LogP contribution in [-0.2, 0) is 24.9 Å². The predicted octanol–water partition coefficient (Wildman–Crippen LogP) is 2.24. The van der Waals surface area contributed by atoms with E-state index in [1.54, 1.807) is 17.1 Å². The van der Waals surface area contributed by atoms with E-state index < -0.39 is 0 Å². The summed E-state index contributed by atoms with van der Waals surface area (Å²) in [7, 11) is 2.16. The fourth-order valence-corrected chi connectivity index (χ4v) is 4.29. The third-order valence-corrected chi connectivity index (χ3v) is 6.15. The first-order valence-electron chi connectivity index (χ1n) is 10.7. The molecule has 2 aliphatic heterocycles. The number of rotatable bonds is 3. The molecule has 4 rings (SSSR count). The Balaban J connectivity index is 1.44. The fourth-order valence-electron chi connectivity index (χ4n) is 4.29. The van der Waals surface area contributed by atoms with Crippen LogP contribution < -0.4 is 10.5 Å². The van der Waals surface area contributed by atoms with E-state index in [2.05, 4.69) is 52.7 Å². The summed E-state index contributed by atoms with van der Waals surface area (Å²) in [6.07, 6.45) is 4.80. The van der Waals surface area contributed by atoms with Gasteiger partial charge in [0.1, 0.15) is 12.1 Å². The molecule has 0 saturated carbocycles. The molecular formula is C22H32N6O. The van der Waals surface area contributed by atoms with Gasteiger partial charge in [0.25, 0.3) is 5.56 Å². The van der Waals surface area contributed by atoms with Crippen LogP contribution in [0.15, 0.2) is 23.3 Å². The van der Waals surface area contributed by atoms with Crippen LogP contribution in [-0.4, -0.2) is 51.3 Å². The largest absolute Gasteiger partial charge is 0.356 e. The van der Waals surface area contributed by atoms with Crippen LogP contribution >= 0.6 is 0 Å². The Morgan fingerprint density at radius 1 is 1.10 bits per heavy atom. The lowest BCUT2D eigenvalue weighted by atomic mass is 9.92. The highest BCUT2D eigenvalue weighted by Crippen LogP contribution is 2.29. The Morgan fingerprint density at radius 2 is 1.86 bits per heavy atom. The Hall–Kier alpha value is -2.28. The van der Waals surface area contributed by atoms with Crippen molar-refractivity contribution in [2.45, 2.75) is 58.5 Å². The third kappa shape index (κ3) is 4.34. The van der Waals surface area contributed by atoms with Crippen LogP contribution in [0.3, 0.4) is 0 Å². The second kappa shape index (κ2) is 7.86. The number of hydrogen-bond donors (Lipinski definition) is 0. The second-order valence-electron chi connectivity index (χ2n) is 9.53. The van der Waals surface area contributed by atoms with Gasteiger partial charge in [-0.15, -0.1) is 0 Å². The van der Waals surface area contributed by atoms with E-state index in [9.17, 15) is 4.79 Å². The van der Waals surface area contributed by atoms with Gasteiger partial charge in [-0.2, -0.15) is 5.10 Å². The van der Waals surface area contributed by atoms with Crippen LogP contribution in [0.1, 0.15) is 50.6 Å². The first-order valence-corrected chi connectivity index (χ1v) is 10.7. The summed E-state index contributed by atoms with van der Waals surface area (Å²) < 4.78 is 1.67. The van der Waals surface area contributed by atoms with Crippen molar-refractivity contribution in [1.29, 1.82) is 0 Å². The minimum absolute atomic E-state index is 0.00617. The van der Waals surface area contributed by atoms with Gasteiger partial charge in [-0.05, 0) is 31.9 Å². The molecule has 0 atom stereocenters. The number of aromatic nitrogens is 4. The van der Waals surface area contributed by atoms with Crippen LogP contribution in [0.25, 0.3) is 0 Å². The van der Waals surface area contributed by atoms with Crippen molar-refractivity contribution in [3.63, 3.8) is 0 Å². The van der Waals surface area contributed by atoms with Crippen molar-refractivity contribution < 1.29 is 0 Å². The monoisotopic (exact) mass is 396 g/mol. The van der Waals surface area contributed by atoms with Crippen molar-refractivity contribution in [2.24, 2.45) is 5.92 Å². The molecule has 0 radical (unpaired) electrons. The molecule has 2 aliphatic rings. The normalized spacial score (nSPS) is 18.7. The smallest absolute Gasteiger partial charge is 0.266 e. The molecule has 0 bridgehead atoms. The predicted molar refractivity (Wildman–Crippen MR) is 114 cm³/mol. The number of likely N-dealkylation sites (N-methyl/N-ethyl adjacent to an activating group) is 1. The molecule has 0 aromatic carbocycles. The Kier molecular flexibility index (Phi) is 5.42. The molecule has 4 heterocycles. The Labute approximate surface area is 172 Å². The molecule has 0 amide bonds. The first-order chi connectivity index (χ1) is 13.8. The van der Waals surface area contributed by atoms with E-state index in [0.717, 1.165) is 57.0 Å². The Bertz CT molecular complexity index is 924. The lowest BCUT2D eigenvalue weighted by molar-refractivity contribution is 0.306. The number of hydrogen-bond acceptors (Lipinski definition) is 6. The van der Waals surface area contributed by atoms with Crippen LogP contribution in [0, 0.1) is 5.92 Å². The van der Waals surface area contributed by atoms with Crippen LogP contribution in [0.2, 0.25) is 0 Å². The molecule has 7 heteroatoms. The molecule has 2 aromatic rings. The van der Waals surface area contributed by atoms with Gasteiger partial charge in [-0.25, -0.2) is 14.6 Å². The third-order valence-electron chi connectivity index (χ3n) is 6.15. The standard InChI is InChI=1S/C22H32N6O/c1-22(2,3)19-5-6-20(29)28(25-19)13-16-7-11-27(12-8-16)21-17-14-26(4)10-9-18(17)23-15-24-21/h5-6,15-16H,7-14H2,1-4H3. The van der Waals surface area contributed by atoms with Gasteiger partial charge >= 0.3 is 0 Å². The summed E-state index contributed by atoms with van der Waals surface area (Å²) in [5, 5.41) is 4.65. The summed E-state index contributed by atoms with van der Waals surface area (Å²) in [6.45, 7) is 11.0. The number of anilines is 1. The zero-order chi connectivity index (χ0) is 20.6. The van der Waals surface area contributed by atoms with E-state index in [4.69, 9.17) is 0 Å². The van der Waals surface area contributed by atoms with E-state index >= 15 is 0 Å². The van der Waals surface area contributed by atoms with Crippen molar-refractivity contribution >= 4 is 5.82 Å². The minimum atomic E-state index is -0.0575. The fraction of sp³-hybridized carbons (Fsp3) is 0.636. The van der Waals surface area contributed by atoms with Gasteiger partial charge in [-0.1, -0.05) is 20.8 Å². The summed E-state index contributed by atoms with van der Waals surface area (Å²) >= 11 is 0. The average Bonchev–Trinajstić information content (AvgIpc) is 2.69. The molecule has 29 heavy (non-hydrogen) atoms. The Morgan fingerprint density at radius 3 is 2.59 bits per heavy atom. The molecule has 0 unspecified atom stereocenters. The summed E-state index contributed by atoms with van der Waals surface area (Å²) in [5.41, 5.74) is 3.39. The van der Waals surface area contributed by atoms with Crippen molar-refractivity contribution in [3.8, 4) is 0 Å². The van der Waals surface area contributed by atoms with E-state index in [1.165, 1.54) is 11.3 Å². The summed E-state index contributed by atoms with van der Waals surface area (Å²) in [6, 6.07) is 3.52. The highest BCUT2D eigenvalue weighted by molar-refractivity contribution is 5.49. The molecular weight excluding hydrogens is 364 g/mol. The molecule has 0 spiro atoms. The minimum Gasteiger partial charge on any atom is -0.356 e. The molecule has 1 saturated heterocycles. The maximum atomic E-state index is 12.3. The maximum absolute atomic E-state index is 12.3. The molecule has 156 valence electrons. The molecule has 7 nitrogen and oxygen atoms in total. The van der Waals surface area contributed by atoms with Gasteiger partial charge in [0.05, 0.1) is 11.4 Å². The van der Waals surface area contributed by atoms with Gasteiger partial charge in [0, 0.05) is 56.2 Å². The lowest BCUT2D eigenvalue weighted by Gasteiger charge is -2.35. The van der Waals surface area contributed by atoms with Gasteiger partial charge in [-0.3, -0.25) is 4.79 Å². The average molecular weight is 397 g/mol. The van der Waals surface area contributed by atoms with Gasteiger partial charge in [0.2, 0.25) is 0 Å². The van der Waals surface area contributed by atoms with Gasteiger partial charge < -0.3 is 9.80 Å². The highest BCUT2D eigenvalue weighted by atomic mass is 16.1. The zero-order valence-corrected chi connectivity index (χ0v) is 18.1. The van der Waals surface area contributed by atoms with E-state index in [-0.39, 0.29) is 11.0 Å². The topological polar surface area (TPSA) is 67.2 Å². The quantitative estimate of drug-likeness (QED) is 0.793. The van der Waals surface area contributed by atoms with Gasteiger partial charge in [0.15, 0.2) is 0 Å². The number of nitrogens with zero attached hydrogens (tertiary/aromatic N) is 6. The zero-order valence-electron chi connectivity index (χ0n) is 18.1. The number of fused-ring (bicyclic) bond motifs is 1. The summed E-state index contributed by atoms with van der Waals surface area (Å²) in [5.74, 6) is 1.57. The van der Waals surface area contributed by atoms with Crippen LogP contribution in [0.5, 0.6) is 0 Å². The van der Waals surface area contributed by atoms with Crippen LogP contribution in [0.4, 0.5) is 5.82 Å². The van der Waals surface area contributed by atoms with Crippen molar-refractivity contribution in [3.05, 3.63) is 45.8 Å². The molecule has 2 aromatic heterocycles. The molecule has 0 aliphatic carbocycles.